The van der Waals surface area contributed by atoms with Crippen molar-refractivity contribution in [3.8, 4) is 0 Å². The average molecular weight is 151 g/mol. The van der Waals surface area contributed by atoms with Crippen LogP contribution >= 0.6 is 0 Å². The lowest BCUT2D eigenvalue weighted by molar-refractivity contribution is 1.18. The van der Waals surface area contributed by atoms with Crippen LogP contribution in [0.5, 0.6) is 0 Å². The normalized spacial score (nSPS) is 12.1. The van der Waals surface area contributed by atoms with Gasteiger partial charge in [0.1, 0.15) is 0 Å². The van der Waals surface area contributed by atoms with Gasteiger partial charge >= 0.3 is 0 Å². The maximum Gasteiger partial charge on any atom is 0.0403 e. The molecule has 0 aliphatic carbocycles. The molecule has 0 aromatic rings. The Kier molecular flexibility index (Phi) is 3.80. The molecule has 0 aromatic carbocycles. The number of nitrogens with zero attached hydrogens (tertiary/aromatic N) is 1. The molecular weight excluding hydrogens is 134 g/mol. The molecule has 0 radical (unpaired) electrons. The zero-order valence-corrected chi connectivity index (χ0v) is 8.15. The van der Waals surface area contributed by atoms with E-state index in [-0.39, 0.29) is 0 Å². The lowest BCUT2D eigenvalue weighted by Crippen LogP contribution is -1.86. The van der Waals surface area contributed by atoms with Crippen molar-refractivity contribution in [1.29, 1.82) is 0 Å². The zero-order valence-electron chi connectivity index (χ0n) is 8.15. The first kappa shape index (κ1) is 10.2. The van der Waals surface area contributed by atoms with Crippen LogP contribution in [0.25, 0.3) is 0 Å². The van der Waals surface area contributed by atoms with Crippen molar-refractivity contribution in [1.82, 2.24) is 0 Å². The smallest absolute Gasteiger partial charge is 0.0403 e. The minimum atomic E-state index is 1.07. The fraction of sp³-hybridized carbons (Fsp3) is 0.500. The van der Waals surface area contributed by atoms with Crippen LogP contribution in [0.2, 0.25) is 0 Å². The van der Waals surface area contributed by atoms with Crippen LogP contribution in [0.3, 0.4) is 0 Å². The van der Waals surface area contributed by atoms with Crippen LogP contribution in [0, 0.1) is 0 Å². The second kappa shape index (κ2) is 4.12. The van der Waals surface area contributed by atoms with Crippen LogP contribution in [0.15, 0.2) is 28.4 Å². The molecule has 0 heterocycles. The molecule has 0 rings (SSSR count). The van der Waals surface area contributed by atoms with Crippen LogP contribution in [-0.4, -0.2) is 5.71 Å². The van der Waals surface area contributed by atoms with Crippen molar-refractivity contribution in [3.63, 3.8) is 0 Å². The minimum Gasteiger partial charge on any atom is -0.263 e. The van der Waals surface area contributed by atoms with Gasteiger partial charge in [0, 0.05) is 11.4 Å². The fourth-order valence-electron chi connectivity index (χ4n) is 0.728. The summed E-state index contributed by atoms with van der Waals surface area (Å²) in [5, 5.41) is 0. The average Bonchev–Trinajstić information content (AvgIpc) is 1.84. The van der Waals surface area contributed by atoms with Crippen LogP contribution in [0.4, 0.5) is 0 Å². The van der Waals surface area contributed by atoms with E-state index in [4.69, 9.17) is 0 Å². The summed E-state index contributed by atoms with van der Waals surface area (Å²) in [6, 6.07) is 0. The summed E-state index contributed by atoms with van der Waals surface area (Å²) in [6.07, 6.45) is 0. The van der Waals surface area contributed by atoms with Gasteiger partial charge in [-0.25, -0.2) is 0 Å². The largest absolute Gasteiger partial charge is 0.263 e. The molecular formula is C10H17N. The van der Waals surface area contributed by atoms with Gasteiger partial charge in [-0.1, -0.05) is 12.2 Å². The highest BCUT2D eigenvalue weighted by atomic mass is 14.7. The number of hydrogen-bond donors (Lipinski definition) is 0. The summed E-state index contributed by atoms with van der Waals surface area (Å²) in [6.45, 7) is 13.9. The third-order valence-electron chi connectivity index (χ3n) is 1.57. The second-order valence-corrected chi connectivity index (χ2v) is 3.05. The number of rotatable bonds is 2. The molecule has 0 atom stereocenters. The first-order valence-electron chi connectivity index (χ1n) is 3.80. The number of hydrogen-bond acceptors (Lipinski definition) is 1. The Labute approximate surface area is 69.5 Å². The highest BCUT2D eigenvalue weighted by Gasteiger charge is 1.94. The molecule has 0 spiro atoms. The Hall–Kier alpha value is -0.850. The molecule has 0 saturated heterocycles. The Morgan fingerprint density at radius 3 is 1.73 bits per heavy atom. The monoisotopic (exact) mass is 151 g/mol. The minimum absolute atomic E-state index is 1.07. The molecule has 1 heteroatoms. The van der Waals surface area contributed by atoms with Crippen molar-refractivity contribution in [2.75, 3.05) is 0 Å². The lowest BCUT2D eigenvalue weighted by Gasteiger charge is -2.02. The van der Waals surface area contributed by atoms with Gasteiger partial charge in [0.2, 0.25) is 0 Å². The molecule has 11 heavy (non-hydrogen) atoms. The van der Waals surface area contributed by atoms with Crippen molar-refractivity contribution in [2.45, 2.75) is 34.6 Å². The Morgan fingerprint density at radius 2 is 1.45 bits per heavy atom. The highest BCUT2D eigenvalue weighted by molar-refractivity contribution is 5.80. The van der Waals surface area contributed by atoms with E-state index in [1.54, 1.807) is 0 Å². The van der Waals surface area contributed by atoms with Gasteiger partial charge in [-0.2, -0.15) is 0 Å². The topological polar surface area (TPSA) is 12.4 Å². The van der Waals surface area contributed by atoms with E-state index in [9.17, 15) is 0 Å². The first-order chi connectivity index (χ1) is 4.95. The van der Waals surface area contributed by atoms with E-state index in [0.717, 1.165) is 17.0 Å². The molecule has 0 amide bonds. The highest BCUT2D eigenvalue weighted by Crippen LogP contribution is 2.12. The van der Waals surface area contributed by atoms with Gasteiger partial charge < -0.3 is 0 Å². The maximum absolute atomic E-state index is 4.33. The van der Waals surface area contributed by atoms with Crippen LogP contribution in [0.1, 0.15) is 34.6 Å². The summed E-state index contributed by atoms with van der Waals surface area (Å²) >= 11 is 0. The molecule has 0 saturated carbocycles. The number of aliphatic imine (C=N–C) groups is 1. The predicted octanol–water partition coefficient (Wildman–Crippen LogP) is 3.34. The van der Waals surface area contributed by atoms with Gasteiger partial charge in [0.25, 0.3) is 0 Å². The zero-order chi connectivity index (χ0) is 9.02. The molecule has 0 bridgehead atoms. The lowest BCUT2D eigenvalue weighted by atomic mass is 10.1. The van der Waals surface area contributed by atoms with Crippen LogP contribution in [-0.2, 0) is 0 Å². The molecule has 0 aromatic heterocycles. The standard InChI is InChI=1S/C10H17N/c1-7(2)9(5)10(6)11-8(3)4/h1H2,2-6H3/b10-9-. The van der Waals surface area contributed by atoms with Gasteiger partial charge in [0.15, 0.2) is 0 Å². The van der Waals surface area contributed by atoms with E-state index in [0.29, 0.717) is 0 Å². The molecule has 0 N–H and O–H groups in total. The van der Waals surface area contributed by atoms with Crippen molar-refractivity contribution < 1.29 is 0 Å². The van der Waals surface area contributed by atoms with Gasteiger partial charge in [-0.3, -0.25) is 4.99 Å². The van der Waals surface area contributed by atoms with Crippen molar-refractivity contribution in [3.05, 3.63) is 23.4 Å². The number of allylic oxidation sites excluding steroid dienone is 3. The van der Waals surface area contributed by atoms with E-state index in [1.165, 1.54) is 5.57 Å². The predicted molar refractivity (Wildman–Crippen MR) is 52.0 cm³/mol. The molecule has 0 unspecified atom stereocenters. The Balaban J connectivity index is 4.68. The summed E-state index contributed by atoms with van der Waals surface area (Å²) in [4.78, 5) is 4.33. The van der Waals surface area contributed by atoms with Gasteiger partial charge in [-0.05, 0) is 40.2 Å². The third-order valence-corrected chi connectivity index (χ3v) is 1.57. The quantitative estimate of drug-likeness (QED) is 0.424. The van der Waals surface area contributed by atoms with E-state index < -0.39 is 0 Å². The van der Waals surface area contributed by atoms with Crippen molar-refractivity contribution >= 4 is 5.71 Å². The third kappa shape index (κ3) is 3.76. The van der Waals surface area contributed by atoms with Gasteiger partial charge in [-0.15, -0.1) is 0 Å². The summed E-state index contributed by atoms with van der Waals surface area (Å²) in [7, 11) is 0. The second-order valence-electron chi connectivity index (χ2n) is 3.05. The molecule has 0 fully saturated rings. The van der Waals surface area contributed by atoms with E-state index in [1.807, 2.05) is 34.6 Å². The van der Waals surface area contributed by atoms with Crippen LogP contribution < -0.4 is 0 Å². The Morgan fingerprint density at radius 1 is 1.00 bits per heavy atom. The molecule has 1 nitrogen and oxygen atoms in total. The summed E-state index contributed by atoms with van der Waals surface area (Å²) in [5.41, 5.74) is 4.43. The summed E-state index contributed by atoms with van der Waals surface area (Å²) < 4.78 is 0. The fourth-order valence-corrected chi connectivity index (χ4v) is 0.728. The Bertz CT molecular complexity index is 215. The van der Waals surface area contributed by atoms with Gasteiger partial charge in [0.05, 0.1) is 0 Å². The van der Waals surface area contributed by atoms with E-state index >= 15 is 0 Å². The molecule has 0 aliphatic heterocycles. The molecule has 0 aliphatic rings. The summed E-state index contributed by atoms with van der Waals surface area (Å²) in [5.74, 6) is 0. The molecule has 62 valence electrons. The van der Waals surface area contributed by atoms with E-state index in [2.05, 4.69) is 11.6 Å². The SMILES string of the molecule is C=C(C)/C(C)=C(/C)N=C(C)C. The maximum atomic E-state index is 4.33. The first-order valence-corrected chi connectivity index (χ1v) is 3.80. The van der Waals surface area contributed by atoms with Crippen molar-refractivity contribution in [2.24, 2.45) is 4.99 Å².